The molecule has 2 rings (SSSR count). The molecule has 0 atom stereocenters. The fourth-order valence-corrected chi connectivity index (χ4v) is 3.78. The van der Waals surface area contributed by atoms with Crippen LogP contribution in [0.5, 0.6) is 11.5 Å². The molecule has 1 aromatic rings. The van der Waals surface area contributed by atoms with Crippen LogP contribution in [0.1, 0.15) is 12.5 Å². The van der Waals surface area contributed by atoms with Gasteiger partial charge >= 0.3 is 0 Å². The van der Waals surface area contributed by atoms with E-state index in [0.29, 0.717) is 31.7 Å². The first-order chi connectivity index (χ1) is 10.5. The summed E-state index contributed by atoms with van der Waals surface area (Å²) in [6.07, 6.45) is 3.40. The van der Waals surface area contributed by atoms with Gasteiger partial charge in [0, 0.05) is 6.54 Å². The third-order valence-electron chi connectivity index (χ3n) is 2.83. The normalized spacial score (nSPS) is 16.5. The van der Waals surface area contributed by atoms with Crippen molar-refractivity contribution >= 4 is 62.9 Å². The second kappa shape index (κ2) is 7.47. The topological polar surface area (TPSA) is 49.8 Å². The molecule has 116 valence electrons. The molecule has 1 fully saturated rings. The van der Waals surface area contributed by atoms with Crippen LogP contribution in [0.4, 0.5) is 0 Å². The van der Waals surface area contributed by atoms with E-state index in [0.717, 1.165) is 5.56 Å². The molecule has 0 aromatic heterocycles. The Morgan fingerprint density at radius 2 is 2.27 bits per heavy atom. The summed E-state index contributed by atoms with van der Waals surface area (Å²) < 4.78 is 6.59. The zero-order valence-electron chi connectivity index (χ0n) is 11.8. The van der Waals surface area contributed by atoms with Crippen LogP contribution in [0, 0.1) is 3.57 Å². The molecule has 1 aliphatic rings. The molecule has 7 heteroatoms. The van der Waals surface area contributed by atoms with Gasteiger partial charge in [-0.05, 0) is 53.3 Å². The van der Waals surface area contributed by atoms with Crippen molar-refractivity contribution in [2.45, 2.75) is 6.92 Å². The number of aromatic hydroxyl groups is 1. The maximum atomic E-state index is 12.3. The van der Waals surface area contributed by atoms with Crippen molar-refractivity contribution in [1.29, 1.82) is 0 Å². The molecular formula is C15H14INO3S2. The van der Waals surface area contributed by atoms with Crippen LogP contribution in [0.2, 0.25) is 0 Å². The SMILES string of the molecule is C=CCN1C(=O)/C(=C\c2cc(I)c(O)c(OCC)c2)SC1=S. The maximum absolute atomic E-state index is 12.3. The molecule has 0 radical (unpaired) electrons. The number of carbonyl (C=O) groups excluding carboxylic acids is 1. The average molecular weight is 447 g/mol. The summed E-state index contributed by atoms with van der Waals surface area (Å²) in [6, 6.07) is 3.50. The van der Waals surface area contributed by atoms with Crippen LogP contribution in [0.25, 0.3) is 6.08 Å². The van der Waals surface area contributed by atoms with E-state index in [1.807, 2.05) is 29.5 Å². The number of thioether (sulfide) groups is 1. The average Bonchev–Trinajstić information content (AvgIpc) is 2.72. The van der Waals surface area contributed by atoms with E-state index < -0.39 is 0 Å². The first-order valence-electron chi connectivity index (χ1n) is 6.49. The number of hydrogen-bond acceptors (Lipinski definition) is 5. The van der Waals surface area contributed by atoms with Crippen LogP contribution >= 0.6 is 46.6 Å². The van der Waals surface area contributed by atoms with Gasteiger partial charge in [-0.2, -0.15) is 0 Å². The lowest BCUT2D eigenvalue weighted by Gasteiger charge is -2.10. The van der Waals surface area contributed by atoms with E-state index >= 15 is 0 Å². The lowest BCUT2D eigenvalue weighted by atomic mass is 10.2. The second-order valence-corrected chi connectivity index (χ2v) is 7.20. The van der Waals surface area contributed by atoms with Gasteiger partial charge in [0.2, 0.25) is 0 Å². The smallest absolute Gasteiger partial charge is 0.266 e. The first kappa shape index (κ1) is 17.3. The van der Waals surface area contributed by atoms with Gasteiger partial charge in [0.1, 0.15) is 4.32 Å². The number of ether oxygens (including phenoxy) is 1. The number of hydrogen-bond donors (Lipinski definition) is 1. The summed E-state index contributed by atoms with van der Waals surface area (Å²) in [7, 11) is 0. The quantitative estimate of drug-likeness (QED) is 0.322. The molecule has 4 nitrogen and oxygen atoms in total. The minimum atomic E-state index is -0.129. The van der Waals surface area contributed by atoms with Gasteiger partial charge in [0.15, 0.2) is 11.5 Å². The lowest BCUT2D eigenvalue weighted by molar-refractivity contribution is -0.121. The number of thiocarbonyl (C=S) groups is 1. The molecule has 22 heavy (non-hydrogen) atoms. The first-order valence-corrected chi connectivity index (χ1v) is 8.79. The number of phenolic OH excluding ortho intramolecular Hbond substituents is 1. The summed E-state index contributed by atoms with van der Waals surface area (Å²) in [4.78, 5) is 14.4. The van der Waals surface area contributed by atoms with Crippen molar-refractivity contribution in [2.24, 2.45) is 0 Å². The minimum absolute atomic E-state index is 0.110. The fourth-order valence-electron chi connectivity index (χ4n) is 1.88. The Labute approximate surface area is 152 Å². The highest BCUT2D eigenvalue weighted by molar-refractivity contribution is 14.1. The van der Waals surface area contributed by atoms with Gasteiger partial charge in [-0.3, -0.25) is 9.69 Å². The standard InChI is InChI=1S/C15H14INO3S2/c1-3-5-17-14(19)12(22-15(17)21)8-9-6-10(16)13(18)11(7-9)20-4-2/h3,6-8,18H,1,4-5H2,2H3/b12-8+. The van der Waals surface area contributed by atoms with Gasteiger partial charge in [-0.15, -0.1) is 6.58 Å². The Morgan fingerprint density at radius 1 is 1.55 bits per heavy atom. The van der Waals surface area contributed by atoms with E-state index in [2.05, 4.69) is 6.58 Å². The Balaban J connectivity index is 2.35. The van der Waals surface area contributed by atoms with Gasteiger partial charge in [0.05, 0.1) is 15.1 Å². The summed E-state index contributed by atoms with van der Waals surface area (Å²) in [5.74, 6) is 0.386. The Kier molecular flexibility index (Phi) is 5.87. The second-order valence-electron chi connectivity index (χ2n) is 4.36. The van der Waals surface area contributed by atoms with Crippen molar-refractivity contribution in [3.05, 3.63) is 38.8 Å². The number of rotatable bonds is 5. The number of halogens is 1. The third-order valence-corrected chi connectivity index (χ3v) is 5.03. The number of phenols is 1. The van der Waals surface area contributed by atoms with Crippen molar-refractivity contribution in [2.75, 3.05) is 13.2 Å². The molecule has 0 unspecified atom stereocenters. The van der Waals surface area contributed by atoms with Crippen LogP contribution in [0.3, 0.4) is 0 Å². The minimum Gasteiger partial charge on any atom is -0.504 e. The van der Waals surface area contributed by atoms with Gasteiger partial charge < -0.3 is 9.84 Å². The predicted octanol–water partition coefficient (Wildman–Crippen LogP) is 3.78. The van der Waals surface area contributed by atoms with E-state index in [1.54, 1.807) is 24.3 Å². The molecule has 0 aliphatic carbocycles. The van der Waals surface area contributed by atoms with Crippen LogP contribution in [0.15, 0.2) is 29.7 Å². The highest BCUT2D eigenvalue weighted by atomic mass is 127. The molecule has 1 heterocycles. The number of benzene rings is 1. The summed E-state index contributed by atoms with van der Waals surface area (Å²) >= 11 is 8.49. The van der Waals surface area contributed by atoms with E-state index in [4.69, 9.17) is 17.0 Å². The predicted molar refractivity (Wildman–Crippen MR) is 102 cm³/mol. The van der Waals surface area contributed by atoms with E-state index in [9.17, 15) is 9.90 Å². The highest BCUT2D eigenvalue weighted by Gasteiger charge is 2.31. The number of carbonyl (C=O) groups is 1. The van der Waals surface area contributed by atoms with Crippen molar-refractivity contribution < 1.29 is 14.6 Å². The molecule has 0 saturated carbocycles. The molecule has 1 saturated heterocycles. The maximum Gasteiger partial charge on any atom is 0.266 e. The summed E-state index contributed by atoms with van der Waals surface area (Å²) in [5.41, 5.74) is 0.782. The zero-order valence-corrected chi connectivity index (χ0v) is 15.6. The highest BCUT2D eigenvalue weighted by Crippen LogP contribution is 2.36. The Morgan fingerprint density at radius 3 is 2.91 bits per heavy atom. The van der Waals surface area contributed by atoms with Crippen LogP contribution < -0.4 is 4.74 Å². The van der Waals surface area contributed by atoms with E-state index in [-0.39, 0.29) is 11.7 Å². The van der Waals surface area contributed by atoms with Gasteiger partial charge in [0.25, 0.3) is 5.91 Å². The molecule has 0 spiro atoms. The molecule has 1 N–H and O–H groups in total. The monoisotopic (exact) mass is 447 g/mol. The molecule has 1 amide bonds. The summed E-state index contributed by atoms with van der Waals surface area (Å²) in [6.45, 7) is 6.33. The van der Waals surface area contributed by atoms with Crippen LogP contribution in [-0.4, -0.2) is 33.4 Å². The summed E-state index contributed by atoms with van der Waals surface area (Å²) in [5, 5.41) is 9.95. The lowest BCUT2D eigenvalue weighted by Crippen LogP contribution is -2.27. The van der Waals surface area contributed by atoms with Crippen molar-refractivity contribution in [3.8, 4) is 11.5 Å². The number of nitrogens with zero attached hydrogens (tertiary/aromatic N) is 1. The molecule has 1 aliphatic heterocycles. The molecule has 1 aromatic carbocycles. The zero-order chi connectivity index (χ0) is 16.3. The third kappa shape index (κ3) is 3.64. The van der Waals surface area contributed by atoms with Crippen molar-refractivity contribution in [1.82, 2.24) is 4.90 Å². The Hall–Kier alpha value is -1.06. The Bertz CT molecular complexity index is 673. The fraction of sp³-hybridized carbons (Fsp3) is 0.200. The molecular weight excluding hydrogens is 433 g/mol. The number of amides is 1. The van der Waals surface area contributed by atoms with Crippen molar-refractivity contribution in [3.63, 3.8) is 0 Å². The van der Waals surface area contributed by atoms with Gasteiger partial charge in [-0.1, -0.05) is 30.1 Å². The largest absolute Gasteiger partial charge is 0.504 e. The van der Waals surface area contributed by atoms with Gasteiger partial charge in [-0.25, -0.2) is 0 Å². The van der Waals surface area contributed by atoms with E-state index in [1.165, 1.54) is 16.7 Å². The molecule has 0 bridgehead atoms. The van der Waals surface area contributed by atoms with Crippen LogP contribution in [-0.2, 0) is 4.79 Å².